The van der Waals surface area contributed by atoms with Crippen LogP contribution in [-0.2, 0) is 0 Å². The summed E-state index contributed by atoms with van der Waals surface area (Å²) in [6.45, 7) is 0. The molecule has 0 saturated carbocycles. The molecular weight excluding hydrogens is 122 g/mol. The largest absolute Gasteiger partial charge is 0.261 e. The second-order valence-electron chi connectivity index (χ2n) is 2.76. The topological polar surface area (TPSA) is 12.4 Å². The molecule has 0 unspecified atom stereocenters. The van der Waals surface area contributed by atoms with Crippen LogP contribution >= 0.6 is 0 Å². The molecule has 0 radical (unpaired) electrons. The van der Waals surface area contributed by atoms with Gasteiger partial charge in [0, 0.05) is 12.6 Å². The van der Waals surface area contributed by atoms with Crippen LogP contribution in [0.3, 0.4) is 0 Å². The molecule has 10 heavy (non-hydrogen) atoms. The van der Waals surface area contributed by atoms with Gasteiger partial charge in [0.25, 0.3) is 0 Å². The van der Waals surface area contributed by atoms with E-state index in [1.165, 1.54) is 30.5 Å². The Morgan fingerprint density at radius 1 is 1.30 bits per heavy atom. The molecule has 1 aliphatic carbocycles. The SMILES string of the molecule is C1=NC2=CCCCC2=CC1. The molecule has 0 N–H and O–H groups in total. The van der Waals surface area contributed by atoms with Crippen molar-refractivity contribution in [1.29, 1.82) is 0 Å². The van der Waals surface area contributed by atoms with Crippen molar-refractivity contribution in [3.63, 3.8) is 0 Å². The molecule has 0 spiro atoms. The maximum absolute atomic E-state index is 4.32. The summed E-state index contributed by atoms with van der Waals surface area (Å²) in [7, 11) is 0. The average molecular weight is 133 g/mol. The molecule has 52 valence electrons. The fourth-order valence-corrected chi connectivity index (χ4v) is 1.48. The molecule has 1 nitrogen and oxygen atoms in total. The van der Waals surface area contributed by atoms with E-state index >= 15 is 0 Å². The predicted octanol–water partition coefficient (Wildman–Crippen LogP) is 2.46. The molecule has 0 saturated heterocycles. The summed E-state index contributed by atoms with van der Waals surface area (Å²) in [5.74, 6) is 0. The van der Waals surface area contributed by atoms with Crippen molar-refractivity contribution >= 4 is 6.21 Å². The molecule has 1 heterocycles. The molecule has 1 heteroatoms. The third kappa shape index (κ3) is 0.919. The molecule has 0 aromatic rings. The summed E-state index contributed by atoms with van der Waals surface area (Å²) >= 11 is 0. The van der Waals surface area contributed by atoms with E-state index in [4.69, 9.17) is 0 Å². The van der Waals surface area contributed by atoms with E-state index < -0.39 is 0 Å². The molecule has 2 rings (SSSR count). The quantitative estimate of drug-likeness (QED) is 0.481. The number of nitrogens with zero attached hydrogens (tertiary/aromatic N) is 1. The van der Waals surface area contributed by atoms with Gasteiger partial charge in [0.15, 0.2) is 0 Å². The Labute approximate surface area is 61.2 Å². The number of hydrogen-bond acceptors (Lipinski definition) is 1. The van der Waals surface area contributed by atoms with Gasteiger partial charge in [0.1, 0.15) is 0 Å². The first kappa shape index (κ1) is 5.90. The predicted molar refractivity (Wildman–Crippen MR) is 43.1 cm³/mol. The van der Waals surface area contributed by atoms with Crippen molar-refractivity contribution in [2.45, 2.75) is 25.7 Å². The number of allylic oxidation sites excluding steroid dienone is 3. The lowest BCUT2D eigenvalue weighted by Crippen LogP contribution is -1.98. The number of aliphatic imine (C=N–C) groups is 1. The first-order chi connectivity index (χ1) is 4.97. The lowest BCUT2D eigenvalue weighted by molar-refractivity contribution is 0.791. The van der Waals surface area contributed by atoms with Crippen molar-refractivity contribution in [2.24, 2.45) is 4.99 Å². The van der Waals surface area contributed by atoms with Gasteiger partial charge in [-0.1, -0.05) is 12.2 Å². The lowest BCUT2D eigenvalue weighted by Gasteiger charge is -2.15. The van der Waals surface area contributed by atoms with Gasteiger partial charge in [-0.2, -0.15) is 0 Å². The molecule has 1 aliphatic heterocycles. The van der Waals surface area contributed by atoms with Crippen LogP contribution in [-0.4, -0.2) is 6.21 Å². The van der Waals surface area contributed by atoms with Crippen LogP contribution < -0.4 is 0 Å². The Hall–Kier alpha value is -0.850. The Balaban J connectivity index is 2.32. The number of hydrogen-bond donors (Lipinski definition) is 0. The van der Waals surface area contributed by atoms with Crippen LogP contribution in [0, 0.1) is 0 Å². The van der Waals surface area contributed by atoms with Gasteiger partial charge in [-0.05, 0) is 24.8 Å². The summed E-state index contributed by atoms with van der Waals surface area (Å²) in [6.07, 6.45) is 11.3. The highest BCUT2D eigenvalue weighted by molar-refractivity contribution is 5.65. The third-order valence-corrected chi connectivity index (χ3v) is 2.02. The van der Waals surface area contributed by atoms with Crippen LogP contribution in [0.15, 0.2) is 28.4 Å². The minimum Gasteiger partial charge on any atom is -0.261 e. The first-order valence-electron chi connectivity index (χ1n) is 3.89. The van der Waals surface area contributed by atoms with Gasteiger partial charge >= 0.3 is 0 Å². The minimum absolute atomic E-state index is 1.03. The Bertz CT molecular complexity index is 221. The Kier molecular flexibility index (Phi) is 1.42. The van der Waals surface area contributed by atoms with Crippen LogP contribution in [0.2, 0.25) is 0 Å². The highest BCUT2D eigenvalue weighted by Gasteiger charge is 2.09. The van der Waals surface area contributed by atoms with E-state index in [0.717, 1.165) is 6.42 Å². The Morgan fingerprint density at radius 2 is 2.30 bits per heavy atom. The maximum Gasteiger partial charge on any atom is 0.0614 e. The highest BCUT2D eigenvalue weighted by Crippen LogP contribution is 2.26. The summed E-state index contributed by atoms with van der Waals surface area (Å²) < 4.78 is 0. The molecule has 0 fully saturated rings. The van der Waals surface area contributed by atoms with Gasteiger partial charge in [0.2, 0.25) is 0 Å². The van der Waals surface area contributed by atoms with Crippen LogP contribution in [0.25, 0.3) is 0 Å². The van der Waals surface area contributed by atoms with E-state index in [0.29, 0.717) is 0 Å². The molecule has 0 atom stereocenters. The number of fused-ring (bicyclic) bond motifs is 1. The van der Waals surface area contributed by atoms with Gasteiger partial charge in [-0.15, -0.1) is 0 Å². The zero-order valence-electron chi connectivity index (χ0n) is 6.01. The van der Waals surface area contributed by atoms with Crippen molar-refractivity contribution in [3.8, 4) is 0 Å². The summed E-state index contributed by atoms with van der Waals surface area (Å²) in [4.78, 5) is 4.32. The summed E-state index contributed by atoms with van der Waals surface area (Å²) in [6, 6.07) is 0. The van der Waals surface area contributed by atoms with Crippen molar-refractivity contribution in [2.75, 3.05) is 0 Å². The van der Waals surface area contributed by atoms with Crippen LogP contribution in [0.1, 0.15) is 25.7 Å². The third-order valence-electron chi connectivity index (χ3n) is 2.02. The monoisotopic (exact) mass is 133 g/mol. The second kappa shape index (κ2) is 2.41. The van der Waals surface area contributed by atoms with E-state index in [2.05, 4.69) is 17.1 Å². The first-order valence-corrected chi connectivity index (χ1v) is 3.89. The van der Waals surface area contributed by atoms with E-state index in [1.807, 2.05) is 6.21 Å². The average Bonchev–Trinajstić information content (AvgIpc) is 2.05. The molecule has 0 aromatic heterocycles. The molecule has 2 aliphatic rings. The van der Waals surface area contributed by atoms with E-state index in [1.54, 1.807) is 0 Å². The smallest absolute Gasteiger partial charge is 0.0614 e. The fourth-order valence-electron chi connectivity index (χ4n) is 1.48. The van der Waals surface area contributed by atoms with Gasteiger partial charge in [-0.25, -0.2) is 0 Å². The standard InChI is InChI=1S/C9H11N/c1-2-6-9-8(4-1)5-3-7-10-9/h5-7H,1-4H2. The van der Waals surface area contributed by atoms with E-state index in [-0.39, 0.29) is 0 Å². The van der Waals surface area contributed by atoms with Crippen LogP contribution in [0.4, 0.5) is 0 Å². The number of rotatable bonds is 0. The second-order valence-corrected chi connectivity index (χ2v) is 2.76. The van der Waals surface area contributed by atoms with Crippen molar-refractivity contribution in [3.05, 3.63) is 23.4 Å². The highest BCUT2D eigenvalue weighted by atomic mass is 14.7. The fraction of sp³-hybridized carbons (Fsp3) is 0.444. The molecular formula is C9H11N. The molecule has 0 aromatic carbocycles. The molecule has 0 amide bonds. The van der Waals surface area contributed by atoms with Crippen molar-refractivity contribution < 1.29 is 0 Å². The van der Waals surface area contributed by atoms with Gasteiger partial charge in [0.05, 0.1) is 5.70 Å². The normalized spacial score (nSPS) is 23.2. The molecule has 0 bridgehead atoms. The Morgan fingerprint density at radius 3 is 3.20 bits per heavy atom. The maximum atomic E-state index is 4.32. The van der Waals surface area contributed by atoms with Crippen molar-refractivity contribution in [1.82, 2.24) is 0 Å². The lowest BCUT2D eigenvalue weighted by atomic mass is 9.96. The zero-order valence-corrected chi connectivity index (χ0v) is 6.01. The van der Waals surface area contributed by atoms with Gasteiger partial charge in [-0.3, -0.25) is 4.99 Å². The van der Waals surface area contributed by atoms with Crippen LogP contribution in [0.5, 0.6) is 0 Å². The van der Waals surface area contributed by atoms with E-state index in [9.17, 15) is 0 Å². The number of dihydropyridines is 1. The summed E-state index contributed by atoms with van der Waals surface area (Å²) in [5, 5.41) is 0. The minimum atomic E-state index is 1.03. The zero-order chi connectivity index (χ0) is 6.81. The summed E-state index contributed by atoms with van der Waals surface area (Å²) in [5.41, 5.74) is 2.70. The van der Waals surface area contributed by atoms with Gasteiger partial charge < -0.3 is 0 Å².